The SMILES string of the molecule is Clc1ccc([C@@H]2Cn3nnc(-c4noc(CCc5ccccc5)n4)c3CO2)cc1. The van der Waals surface area contributed by atoms with Crippen LogP contribution in [0.15, 0.2) is 59.1 Å². The van der Waals surface area contributed by atoms with Crippen LogP contribution in [-0.4, -0.2) is 25.1 Å². The van der Waals surface area contributed by atoms with Crippen LogP contribution in [0.4, 0.5) is 0 Å². The molecule has 1 atom stereocenters. The molecule has 2 aromatic carbocycles. The Bertz CT molecular complexity index is 1110. The van der Waals surface area contributed by atoms with Crippen LogP contribution in [-0.2, 0) is 30.7 Å². The van der Waals surface area contributed by atoms with Crippen molar-refractivity contribution in [3.63, 3.8) is 0 Å². The highest BCUT2D eigenvalue weighted by molar-refractivity contribution is 6.30. The van der Waals surface area contributed by atoms with Crippen molar-refractivity contribution in [1.29, 1.82) is 0 Å². The molecule has 8 heteroatoms. The molecule has 29 heavy (non-hydrogen) atoms. The van der Waals surface area contributed by atoms with Gasteiger partial charge in [-0.1, -0.05) is 64.4 Å². The normalized spacial score (nSPS) is 16.0. The molecule has 1 aliphatic heterocycles. The number of aromatic nitrogens is 5. The minimum absolute atomic E-state index is 0.0963. The fourth-order valence-electron chi connectivity index (χ4n) is 3.41. The Balaban J connectivity index is 1.30. The molecule has 7 nitrogen and oxygen atoms in total. The standard InChI is InChI=1S/C21H18ClN5O2/c22-16-9-7-15(8-10-16)18-12-27-17(13-28-18)20(24-26-27)21-23-19(29-25-21)11-6-14-4-2-1-3-5-14/h1-5,7-10,18H,6,11-13H2/t18-/m0/s1. The van der Waals surface area contributed by atoms with Gasteiger partial charge in [-0.15, -0.1) is 5.10 Å². The van der Waals surface area contributed by atoms with Gasteiger partial charge in [0.2, 0.25) is 11.7 Å². The van der Waals surface area contributed by atoms with Gasteiger partial charge in [0.15, 0.2) is 5.69 Å². The van der Waals surface area contributed by atoms with Gasteiger partial charge >= 0.3 is 0 Å². The second-order valence-electron chi connectivity index (χ2n) is 6.92. The Hall–Kier alpha value is -3.03. The molecule has 5 rings (SSSR count). The Morgan fingerprint density at radius 2 is 1.86 bits per heavy atom. The number of ether oxygens (including phenoxy) is 1. The van der Waals surface area contributed by atoms with Crippen molar-refractivity contribution in [2.75, 3.05) is 0 Å². The van der Waals surface area contributed by atoms with E-state index in [-0.39, 0.29) is 6.10 Å². The van der Waals surface area contributed by atoms with E-state index in [9.17, 15) is 0 Å². The lowest BCUT2D eigenvalue weighted by molar-refractivity contribution is -0.00111. The number of aryl methyl sites for hydroxylation is 2. The molecule has 0 spiro atoms. The van der Waals surface area contributed by atoms with Crippen molar-refractivity contribution >= 4 is 11.6 Å². The summed E-state index contributed by atoms with van der Waals surface area (Å²) >= 11 is 5.97. The molecule has 0 unspecified atom stereocenters. The van der Waals surface area contributed by atoms with E-state index in [4.69, 9.17) is 20.9 Å². The maximum atomic E-state index is 6.03. The van der Waals surface area contributed by atoms with Gasteiger partial charge in [0.25, 0.3) is 0 Å². The number of halogens is 1. The van der Waals surface area contributed by atoms with Gasteiger partial charge in [-0.2, -0.15) is 4.98 Å². The summed E-state index contributed by atoms with van der Waals surface area (Å²) in [5, 5.41) is 13.3. The second-order valence-corrected chi connectivity index (χ2v) is 7.35. The van der Waals surface area contributed by atoms with Gasteiger partial charge < -0.3 is 9.26 Å². The predicted octanol–water partition coefficient (Wildman–Crippen LogP) is 4.04. The molecule has 3 heterocycles. The first-order valence-corrected chi connectivity index (χ1v) is 9.80. The van der Waals surface area contributed by atoms with Gasteiger partial charge in [-0.3, -0.25) is 0 Å². The summed E-state index contributed by atoms with van der Waals surface area (Å²) in [6, 6.07) is 17.9. The largest absolute Gasteiger partial charge is 0.365 e. The van der Waals surface area contributed by atoms with Crippen molar-refractivity contribution in [1.82, 2.24) is 25.1 Å². The summed E-state index contributed by atoms with van der Waals surface area (Å²) in [6.45, 7) is 0.951. The molecule has 1 aliphatic rings. The van der Waals surface area contributed by atoms with E-state index in [1.54, 1.807) is 0 Å². The van der Waals surface area contributed by atoms with E-state index in [0.717, 1.165) is 17.7 Å². The smallest absolute Gasteiger partial charge is 0.227 e. The van der Waals surface area contributed by atoms with Crippen LogP contribution in [0.1, 0.15) is 28.8 Å². The lowest BCUT2D eigenvalue weighted by atomic mass is 10.1. The van der Waals surface area contributed by atoms with Crippen LogP contribution in [0.5, 0.6) is 0 Å². The molecular formula is C21H18ClN5O2. The number of rotatable bonds is 5. The lowest BCUT2D eigenvalue weighted by Crippen LogP contribution is -2.22. The quantitative estimate of drug-likeness (QED) is 0.496. The summed E-state index contributed by atoms with van der Waals surface area (Å²) in [7, 11) is 0. The van der Waals surface area contributed by atoms with Crippen molar-refractivity contribution < 1.29 is 9.26 Å². The van der Waals surface area contributed by atoms with E-state index in [0.29, 0.717) is 42.0 Å². The van der Waals surface area contributed by atoms with Gasteiger partial charge in [0.05, 0.1) is 18.8 Å². The Labute approximate surface area is 172 Å². The van der Waals surface area contributed by atoms with Gasteiger partial charge in [-0.05, 0) is 29.7 Å². The third-order valence-electron chi connectivity index (χ3n) is 4.99. The number of fused-ring (bicyclic) bond motifs is 1. The molecule has 2 aromatic heterocycles. The van der Waals surface area contributed by atoms with Gasteiger partial charge in [-0.25, -0.2) is 4.68 Å². The highest BCUT2D eigenvalue weighted by Crippen LogP contribution is 2.30. The molecular weight excluding hydrogens is 390 g/mol. The van der Waals surface area contributed by atoms with Gasteiger partial charge in [0, 0.05) is 11.4 Å². The Morgan fingerprint density at radius 3 is 2.69 bits per heavy atom. The second kappa shape index (κ2) is 7.77. The number of hydrogen-bond donors (Lipinski definition) is 0. The molecule has 0 fully saturated rings. The van der Waals surface area contributed by atoms with Crippen LogP contribution in [0.2, 0.25) is 5.02 Å². The fraction of sp³-hybridized carbons (Fsp3) is 0.238. The highest BCUT2D eigenvalue weighted by atomic mass is 35.5. The zero-order valence-electron chi connectivity index (χ0n) is 15.5. The maximum absolute atomic E-state index is 6.03. The van der Waals surface area contributed by atoms with E-state index in [2.05, 4.69) is 32.6 Å². The molecule has 0 saturated heterocycles. The topological polar surface area (TPSA) is 78.9 Å². The molecule has 0 bridgehead atoms. The monoisotopic (exact) mass is 407 g/mol. The zero-order valence-corrected chi connectivity index (χ0v) is 16.3. The van der Waals surface area contributed by atoms with Crippen LogP contribution in [0, 0.1) is 0 Å². The van der Waals surface area contributed by atoms with Crippen molar-refractivity contribution in [2.45, 2.75) is 32.1 Å². The van der Waals surface area contributed by atoms with E-state index >= 15 is 0 Å². The fourth-order valence-corrected chi connectivity index (χ4v) is 3.54. The maximum Gasteiger partial charge on any atom is 0.227 e. The summed E-state index contributed by atoms with van der Waals surface area (Å²) in [4.78, 5) is 4.50. The molecule has 0 N–H and O–H groups in total. The Kier molecular flexibility index (Phi) is 4.83. The Morgan fingerprint density at radius 1 is 1.03 bits per heavy atom. The summed E-state index contributed by atoms with van der Waals surface area (Å²) < 4.78 is 13.3. The van der Waals surface area contributed by atoms with Gasteiger partial charge in [0.1, 0.15) is 6.10 Å². The number of hydrogen-bond acceptors (Lipinski definition) is 6. The molecule has 146 valence electrons. The zero-order chi connectivity index (χ0) is 19.6. The first-order chi connectivity index (χ1) is 14.3. The van der Waals surface area contributed by atoms with Crippen LogP contribution in [0.3, 0.4) is 0 Å². The summed E-state index contributed by atoms with van der Waals surface area (Å²) in [5.41, 5.74) is 3.75. The van der Waals surface area contributed by atoms with Crippen molar-refractivity contribution in [3.8, 4) is 11.5 Å². The van der Waals surface area contributed by atoms with Crippen LogP contribution in [0.25, 0.3) is 11.5 Å². The highest BCUT2D eigenvalue weighted by Gasteiger charge is 2.27. The minimum atomic E-state index is -0.0963. The number of nitrogens with zero attached hydrogens (tertiary/aromatic N) is 5. The molecule has 0 aliphatic carbocycles. The molecule has 4 aromatic rings. The van der Waals surface area contributed by atoms with Crippen LogP contribution >= 0.6 is 11.6 Å². The average molecular weight is 408 g/mol. The van der Waals surface area contributed by atoms with Crippen LogP contribution < -0.4 is 0 Å². The van der Waals surface area contributed by atoms with Crippen molar-refractivity contribution in [3.05, 3.63) is 82.3 Å². The van der Waals surface area contributed by atoms with Crippen molar-refractivity contribution in [2.24, 2.45) is 0 Å². The minimum Gasteiger partial charge on any atom is -0.365 e. The molecule has 0 radical (unpaired) electrons. The van der Waals surface area contributed by atoms with E-state index in [1.807, 2.05) is 47.1 Å². The summed E-state index contributed by atoms with van der Waals surface area (Å²) in [5.74, 6) is 1.03. The lowest BCUT2D eigenvalue weighted by Gasteiger charge is -2.24. The summed E-state index contributed by atoms with van der Waals surface area (Å²) in [6.07, 6.45) is 1.42. The third kappa shape index (κ3) is 3.79. The number of benzene rings is 2. The predicted molar refractivity (Wildman–Crippen MR) is 106 cm³/mol. The molecule has 0 amide bonds. The van der Waals surface area contributed by atoms with E-state index < -0.39 is 0 Å². The molecule has 0 saturated carbocycles. The first-order valence-electron chi connectivity index (χ1n) is 9.42. The average Bonchev–Trinajstić information content (AvgIpc) is 3.40. The first kappa shape index (κ1) is 18.0. The van der Waals surface area contributed by atoms with E-state index in [1.165, 1.54) is 5.56 Å². The third-order valence-corrected chi connectivity index (χ3v) is 5.24.